The van der Waals surface area contributed by atoms with E-state index in [9.17, 15) is 4.79 Å². The maximum atomic E-state index is 12.5. The van der Waals surface area contributed by atoms with Crippen molar-refractivity contribution >= 4 is 22.8 Å². The number of furan rings is 1. The molecule has 0 unspecified atom stereocenters. The fraction of sp³-hybridized carbons (Fsp3) is 0.368. The van der Waals surface area contributed by atoms with Gasteiger partial charge in [0, 0.05) is 0 Å². The maximum Gasteiger partial charge on any atom is 0.356 e. The van der Waals surface area contributed by atoms with Crippen molar-refractivity contribution in [1.29, 1.82) is 0 Å². The van der Waals surface area contributed by atoms with Crippen molar-refractivity contribution < 1.29 is 23.4 Å². The lowest BCUT2D eigenvalue weighted by molar-refractivity contribution is -0.908. The van der Waals surface area contributed by atoms with E-state index < -0.39 is 0 Å². The monoisotopic (exact) mass is 356 g/mol. The number of carbonyl (C=O) groups excluding carboxylic acids is 1. The van der Waals surface area contributed by atoms with E-state index in [1.165, 1.54) is 11.2 Å². The number of morpholine rings is 1. The van der Waals surface area contributed by atoms with E-state index in [2.05, 4.69) is 4.57 Å². The van der Waals surface area contributed by atoms with Gasteiger partial charge in [0.2, 0.25) is 5.78 Å². The maximum absolute atomic E-state index is 12.5. The summed E-state index contributed by atoms with van der Waals surface area (Å²) in [4.78, 5) is 14.0. The smallest absolute Gasteiger partial charge is 0.356 e. The standard InChI is InChI=1S/C19H22N4O3/c20-19-22(8-7-21-9-12-25-13-10-21)15-4-1-2-5-16(15)23(19)14-17(24)18-6-3-11-26-18/h1-6,11,20H,7-10,12-14H2/p+2. The first-order valence-electron chi connectivity index (χ1n) is 8.98. The van der Waals surface area contributed by atoms with Crippen LogP contribution >= 0.6 is 0 Å². The predicted octanol–water partition coefficient (Wildman–Crippen LogP) is -0.0980. The van der Waals surface area contributed by atoms with Gasteiger partial charge in [-0.15, -0.1) is 0 Å². The molecule has 0 atom stereocenters. The summed E-state index contributed by atoms with van der Waals surface area (Å²) in [7, 11) is 0. The number of benzene rings is 1. The summed E-state index contributed by atoms with van der Waals surface area (Å²) in [6.45, 7) is 5.63. The molecular formula is C19H24N4O3+2. The summed E-state index contributed by atoms with van der Waals surface area (Å²) in [5, 5.41) is 0. The van der Waals surface area contributed by atoms with Crippen LogP contribution in [0.15, 0.2) is 47.1 Å². The second-order valence-electron chi connectivity index (χ2n) is 6.60. The second kappa shape index (κ2) is 7.31. The minimum atomic E-state index is -0.0894. The van der Waals surface area contributed by atoms with Crippen molar-refractivity contribution in [3.8, 4) is 0 Å². The topological polar surface area (TPSA) is 78.7 Å². The lowest BCUT2D eigenvalue weighted by Gasteiger charge is -2.23. The molecule has 7 heteroatoms. The van der Waals surface area contributed by atoms with Crippen molar-refractivity contribution in [1.82, 2.24) is 4.57 Å². The Balaban J connectivity index is 1.61. The normalized spacial score (nSPS) is 15.5. The summed E-state index contributed by atoms with van der Waals surface area (Å²) in [5.74, 6) is 0.860. The fourth-order valence-electron chi connectivity index (χ4n) is 3.55. The molecular weight excluding hydrogens is 332 g/mol. The van der Waals surface area contributed by atoms with Crippen LogP contribution in [0, 0.1) is 0 Å². The molecule has 1 aliphatic heterocycles. The number of quaternary nitrogens is 1. The third-order valence-electron chi connectivity index (χ3n) is 5.00. The van der Waals surface area contributed by atoms with Gasteiger partial charge < -0.3 is 14.1 Å². The number of nitrogen functional groups attached to an aromatic ring is 1. The number of nitrogens with zero attached hydrogens (tertiary/aromatic N) is 2. The Morgan fingerprint density at radius 2 is 2.00 bits per heavy atom. The van der Waals surface area contributed by atoms with E-state index in [0.29, 0.717) is 11.7 Å². The molecule has 0 aliphatic carbocycles. The van der Waals surface area contributed by atoms with E-state index >= 15 is 0 Å². The second-order valence-corrected chi connectivity index (χ2v) is 6.60. The van der Waals surface area contributed by atoms with Crippen LogP contribution in [0.4, 0.5) is 5.95 Å². The van der Waals surface area contributed by atoms with E-state index in [-0.39, 0.29) is 12.3 Å². The molecule has 26 heavy (non-hydrogen) atoms. The van der Waals surface area contributed by atoms with Crippen molar-refractivity contribution in [2.24, 2.45) is 0 Å². The number of rotatable bonds is 6. The average Bonchev–Trinajstić information content (AvgIpc) is 3.29. The highest BCUT2D eigenvalue weighted by atomic mass is 16.5. The van der Waals surface area contributed by atoms with Crippen LogP contribution in [0.5, 0.6) is 0 Å². The van der Waals surface area contributed by atoms with Crippen LogP contribution in [0.2, 0.25) is 0 Å². The van der Waals surface area contributed by atoms with Crippen LogP contribution in [0.25, 0.3) is 11.0 Å². The molecule has 0 bridgehead atoms. The first-order valence-corrected chi connectivity index (χ1v) is 8.98. The Morgan fingerprint density at radius 1 is 1.19 bits per heavy atom. The summed E-state index contributed by atoms with van der Waals surface area (Å²) >= 11 is 0. The van der Waals surface area contributed by atoms with Crippen LogP contribution in [-0.4, -0.2) is 43.2 Å². The van der Waals surface area contributed by atoms with Crippen LogP contribution in [0.1, 0.15) is 10.6 Å². The summed E-state index contributed by atoms with van der Waals surface area (Å²) in [6.07, 6.45) is 1.51. The third-order valence-corrected chi connectivity index (χ3v) is 5.00. The molecule has 3 aromatic rings. The lowest BCUT2D eigenvalue weighted by Crippen LogP contribution is -3.14. The quantitative estimate of drug-likeness (QED) is 0.478. The Hall–Kier alpha value is -2.64. The van der Waals surface area contributed by atoms with Gasteiger partial charge >= 0.3 is 5.95 Å². The minimum absolute atomic E-state index is 0.0894. The molecule has 0 spiro atoms. The molecule has 2 aromatic heterocycles. The van der Waals surface area contributed by atoms with Gasteiger partial charge in [0.1, 0.15) is 43.8 Å². The highest BCUT2D eigenvalue weighted by Crippen LogP contribution is 2.16. The summed E-state index contributed by atoms with van der Waals surface area (Å²) in [6, 6.07) is 11.4. The number of ketones is 1. The number of fused-ring (bicyclic) bond motifs is 1. The first-order chi connectivity index (χ1) is 12.7. The molecule has 3 heterocycles. The number of carbonyl (C=O) groups is 1. The molecule has 3 N–H and O–H groups in total. The number of hydrogen-bond donors (Lipinski definition) is 2. The number of ether oxygens (including phenoxy) is 1. The van der Waals surface area contributed by atoms with Crippen molar-refractivity contribution in [2.75, 3.05) is 38.6 Å². The van der Waals surface area contributed by atoms with Crippen LogP contribution < -0.4 is 15.2 Å². The van der Waals surface area contributed by atoms with Gasteiger partial charge in [-0.2, -0.15) is 0 Å². The molecule has 0 radical (unpaired) electrons. The lowest BCUT2D eigenvalue weighted by atomic mass is 10.2. The zero-order chi connectivity index (χ0) is 17.9. The van der Waals surface area contributed by atoms with Crippen LogP contribution in [0.3, 0.4) is 0 Å². The predicted molar refractivity (Wildman–Crippen MR) is 96.0 cm³/mol. The van der Waals surface area contributed by atoms with Crippen LogP contribution in [-0.2, 0) is 17.8 Å². The molecule has 7 nitrogen and oxygen atoms in total. The first kappa shape index (κ1) is 16.8. The van der Waals surface area contributed by atoms with Crippen molar-refractivity contribution in [3.05, 3.63) is 48.4 Å². The Morgan fingerprint density at radius 3 is 2.77 bits per heavy atom. The molecule has 1 aliphatic rings. The highest BCUT2D eigenvalue weighted by molar-refractivity contribution is 5.92. The molecule has 0 saturated carbocycles. The molecule has 1 saturated heterocycles. The zero-order valence-electron chi connectivity index (χ0n) is 14.7. The van der Waals surface area contributed by atoms with E-state index in [1.807, 2.05) is 28.8 Å². The fourth-order valence-corrected chi connectivity index (χ4v) is 3.55. The number of imidazole rings is 1. The van der Waals surface area contributed by atoms with Gasteiger partial charge in [0.25, 0.3) is 0 Å². The third kappa shape index (κ3) is 3.23. The number of Topliss-reactive ketones (excluding diaryl/α,β-unsaturated/α-hetero) is 1. The Labute approximate surface area is 151 Å². The van der Waals surface area contributed by atoms with Crippen molar-refractivity contribution in [3.63, 3.8) is 0 Å². The van der Waals surface area contributed by atoms with Gasteiger partial charge in [-0.25, -0.2) is 9.13 Å². The van der Waals surface area contributed by atoms with E-state index in [1.54, 1.807) is 12.1 Å². The van der Waals surface area contributed by atoms with Gasteiger partial charge in [-0.1, -0.05) is 12.1 Å². The molecule has 136 valence electrons. The molecule has 1 aromatic carbocycles. The Kier molecular flexibility index (Phi) is 4.73. The van der Waals surface area contributed by atoms with Crippen molar-refractivity contribution in [2.45, 2.75) is 13.1 Å². The number of aromatic nitrogens is 2. The Bertz CT molecular complexity index is 895. The largest absolute Gasteiger partial charge is 0.461 e. The summed E-state index contributed by atoms with van der Waals surface area (Å²) < 4.78 is 14.6. The number of nitrogens with one attached hydrogen (secondary N) is 1. The van der Waals surface area contributed by atoms with Gasteiger partial charge in [-0.3, -0.25) is 10.5 Å². The molecule has 4 rings (SSSR count). The molecule has 1 fully saturated rings. The minimum Gasteiger partial charge on any atom is -0.461 e. The zero-order valence-corrected chi connectivity index (χ0v) is 14.7. The number of hydrogen-bond acceptors (Lipinski definition) is 4. The SMILES string of the molecule is Nc1n(CC[NH+]2CCOCC2)c2ccccc2[n+]1CC(=O)c1ccco1. The van der Waals surface area contributed by atoms with E-state index in [4.69, 9.17) is 14.9 Å². The average molecular weight is 356 g/mol. The summed E-state index contributed by atoms with van der Waals surface area (Å²) in [5.41, 5.74) is 8.45. The van der Waals surface area contributed by atoms with Gasteiger partial charge in [0.15, 0.2) is 5.76 Å². The number of para-hydroxylation sites is 2. The van der Waals surface area contributed by atoms with Gasteiger partial charge in [-0.05, 0) is 24.3 Å². The van der Waals surface area contributed by atoms with E-state index in [0.717, 1.165) is 50.4 Å². The number of anilines is 1. The highest BCUT2D eigenvalue weighted by Gasteiger charge is 2.25. The number of nitrogens with two attached hydrogens (primary N) is 1. The molecule has 0 amide bonds. The van der Waals surface area contributed by atoms with Gasteiger partial charge in [0.05, 0.1) is 19.5 Å².